The lowest BCUT2D eigenvalue weighted by atomic mass is 10.1. The topological polar surface area (TPSA) is 80.0 Å². The fraction of sp³-hybridized carbons (Fsp3) is 0.333. The highest BCUT2D eigenvalue weighted by Gasteiger charge is 2.16. The van der Waals surface area contributed by atoms with Crippen LogP contribution in [0.5, 0.6) is 0 Å². The normalized spacial score (nSPS) is 12.4. The Balaban J connectivity index is 2.35. The van der Waals surface area contributed by atoms with E-state index in [-0.39, 0.29) is 18.0 Å². The van der Waals surface area contributed by atoms with E-state index in [9.17, 15) is 4.79 Å². The molecule has 1 heterocycles. The molecule has 4 N–H and O–H groups in total. The number of halogens is 1. The van der Waals surface area contributed by atoms with Gasteiger partial charge in [-0.25, -0.2) is 0 Å². The maximum absolute atomic E-state index is 12.0. The molecule has 21 heavy (non-hydrogen) atoms. The molecule has 0 bridgehead atoms. The summed E-state index contributed by atoms with van der Waals surface area (Å²) >= 11 is 3.44. The van der Waals surface area contributed by atoms with Crippen LogP contribution >= 0.6 is 15.9 Å². The zero-order valence-corrected chi connectivity index (χ0v) is 13.9. The number of nitrogens with one attached hydrogen (secondary N) is 2. The van der Waals surface area contributed by atoms with Gasteiger partial charge in [0, 0.05) is 15.9 Å². The number of aromatic nitrogens is 1. The van der Waals surface area contributed by atoms with Crippen LogP contribution in [0.3, 0.4) is 0 Å². The first-order valence-electron chi connectivity index (χ1n) is 6.79. The van der Waals surface area contributed by atoms with Gasteiger partial charge in [-0.15, -0.1) is 0 Å². The summed E-state index contributed by atoms with van der Waals surface area (Å²) in [5, 5.41) is 6.95. The third-order valence-corrected chi connectivity index (χ3v) is 3.54. The number of nitrogen functional groups attached to an aromatic ring is 1. The molecule has 1 atom stereocenters. The molecule has 0 aliphatic heterocycles. The monoisotopic (exact) mass is 350 g/mol. The Hall–Kier alpha value is -1.82. The molecule has 2 aromatic rings. The lowest BCUT2D eigenvalue weighted by molar-refractivity contribution is -0.121. The van der Waals surface area contributed by atoms with Crippen molar-refractivity contribution in [3.63, 3.8) is 0 Å². The van der Waals surface area contributed by atoms with E-state index in [4.69, 9.17) is 5.73 Å². The molecule has 112 valence electrons. The molecule has 0 radical (unpaired) electrons. The van der Waals surface area contributed by atoms with Crippen molar-refractivity contribution in [2.45, 2.75) is 32.9 Å². The van der Waals surface area contributed by atoms with Crippen molar-refractivity contribution in [3.8, 4) is 0 Å². The number of anilines is 2. The van der Waals surface area contributed by atoms with Crippen LogP contribution in [0.25, 0.3) is 10.9 Å². The van der Waals surface area contributed by atoms with Crippen molar-refractivity contribution < 1.29 is 4.79 Å². The summed E-state index contributed by atoms with van der Waals surface area (Å²) in [6.45, 7) is 5.66. The van der Waals surface area contributed by atoms with Gasteiger partial charge in [-0.2, -0.15) is 0 Å². The molecule has 6 heteroatoms. The van der Waals surface area contributed by atoms with E-state index < -0.39 is 0 Å². The van der Waals surface area contributed by atoms with E-state index in [1.54, 1.807) is 13.1 Å². The molecule has 0 saturated carbocycles. The predicted octanol–water partition coefficient (Wildman–Crippen LogP) is 2.90. The average Bonchev–Trinajstić information content (AvgIpc) is 2.41. The molecule has 0 fully saturated rings. The van der Waals surface area contributed by atoms with Crippen LogP contribution in [0, 0.1) is 0 Å². The first kappa shape index (κ1) is 15.6. The molecule has 5 nitrogen and oxygen atoms in total. The molecular formula is C15H19BrN4O. The number of hydrogen-bond donors (Lipinski definition) is 3. The summed E-state index contributed by atoms with van der Waals surface area (Å²) in [7, 11) is 0. The van der Waals surface area contributed by atoms with Crippen LogP contribution in [0.2, 0.25) is 0 Å². The van der Waals surface area contributed by atoms with Crippen LogP contribution in [-0.2, 0) is 4.79 Å². The van der Waals surface area contributed by atoms with Gasteiger partial charge in [-0.05, 0) is 39.0 Å². The van der Waals surface area contributed by atoms with Crippen LogP contribution in [0.1, 0.15) is 20.8 Å². The van der Waals surface area contributed by atoms with Crippen molar-refractivity contribution >= 4 is 44.1 Å². The predicted molar refractivity (Wildman–Crippen MR) is 90.2 cm³/mol. The van der Waals surface area contributed by atoms with Crippen LogP contribution < -0.4 is 16.4 Å². The average molecular weight is 351 g/mol. The Morgan fingerprint density at radius 2 is 2.05 bits per heavy atom. The SMILES string of the molecule is CC(C)NC(=O)C(C)Nc1c(N)cnc2ccc(Br)cc12. The molecule has 0 saturated heterocycles. The second-order valence-corrected chi connectivity index (χ2v) is 6.20. The summed E-state index contributed by atoms with van der Waals surface area (Å²) < 4.78 is 0.935. The second kappa shape index (κ2) is 6.30. The lowest BCUT2D eigenvalue weighted by Crippen LogP contribution is -2.41. The quantitative estimate of drug-likeness (QED) is 0.791. The summed E-state index contributed by atoms with van der Waals surface area (Å²) in [5.74, 6) is -0.0654. The fourth-order valence-electron chi connectivity index (χ4n) is 2.03. The van der Waals surface area contributed by atoms with Gasteiger partial charge in [0.25, 0.3) is 0 Å². The second-order valence-electron chi connectivity index (χ2n) is 5.28. The van der Waals surface area contributed by atoms with Crippen LogP contribution in [-0.4, -0.2) is 23.0 Å². The number of nitrogens with zero attached hydrogens (tertiary/aromatic N) is 1. The minimum absolute atomic E-state index is 0.0654. The van der Waals surface area contributed by atoms with Gasteiger partial charge in [-0.1, -0.05) is 15.9 Å². The molecule has 1 amide bonds. The maximum atomic E-state index is 12.0. The highest BCUT2D eigenvalue weighted by Crippen LogP contribution is 2.30. The number of rotatable bonds is 4. The van der Waals surface area contributed by atoms with E-state index in [0.29, 0.717) is 5.69 Å². The van der Waals surface area contributed by atoms with E-state index in [2.05, 4.69) is 31.5 Å². The summed E-state index contributed by atoms with van der Waals surface area (Å²) in [5.41, 5.74) is 8.09. The lowest BCUT2D eigenvalue weighted by Gasteiger charge is -2.19. The van der Waals surface area contributed by atoms with Gasteiger partial charge in [0.1, 0.15) is 6.04 Å². The van der Waals surface area contributed by atoms with Crippen LogP contribution in [0.4, 0.5) is 11.4 Å². The Morgan fingerprint density at radius 1 is 1.33 bits per heavy atom. The minimum Gasteiger partial charge on any atom is -0.396 e. The highest BCUT2D eigenvalue weighted by atomic mass is 79.9. The minimum atomic E-state index is -0.390. The fourth-order valence-corrected chi connectivity index (χ4v) is 2.39. The Bertz CT molecular complexity index is 667. The molecule has 1 aromatic carbocycles. The van der Waals surface area contributed by atoms with Crippen molar-refractivity contribution in [2.75, 3.05) is 11.1 Å². The number of benzene rings is 1. The number of carbonyl (C=O) groups is 1. The van der Waals surface area contributed by atoms with Gasteiger partial charge in [0.15, 0.2) is 0 Å². The van der Waals surface area contributed by atoms with E-state index in [0.717, 1.165) is 21.1 Å². The standard InChI is InChI=1S/C15H19BrN4O/c1-8(2)19-15(21)9(3)20-14-11-6-10(16)4-5-13(11)18-7-12(14)17/h4-9H,17H2,1-3H3,(H,18,20)(H,19,21). The molecule has 0 aliphatic carbocycles. The summed E-state index contributed by atoms with van der Waals surface area (Å²) in [6.07, 6.45) is 1.60. The first-order valence-corrected chi connectivity index (χ1v) is 7.58. The molecule has 2 rings (SSSR count). The van der Waals surface area contributed by atoms with Crippen LogP contribution in [0.15, 0.2) is 28.9 Å². The van der Waals surface area contributed by atoms with E-state index in [1.165, 1.54) is 0 Å². The van der Waals surface area contributed by atoms with Crippen molar-refractivity contribution in [2.24, 2.45) is 0 Å². The van der Waals surface area contributed by atoms with Gasteiger partial charge in [0.2, 0.25) is 5.91 Å². The van der Waals surface area contributed by atoms with Gasteiger partial charge in [-0.3, -0.25) is 9.78 Å². The van der Waals surface area contributed by atoms with E-state index >= 15 is 0 Å². The number of hydrogen-bond acceptors (Lipinski definition) is 4. The molecule has 1 aromatic heterocycles. The Kier molecular flexibility index (Phi) is 4.67. The summed E-state index contributed by atoms with van der Waals surface area (Å²) in [4.78, 5) is 16.3. The summed E-state index contributed by atoms with van der Waals surface area (Å²) in [6, 6.07) is 5.47. The largest absolute Gasteiger partial charge is 0.396 e. The smallest absolute Gasteiger partial charge is 0.242 e. The van der Waals surface area contributed by atoms with E-state index in [1.807, 2.05) is 32.0 Å². The van der Waals surface area contributed by atoms with Gasteiger partial charge >= 0.3 is 0 Å². The Labute approximate surface area is 132 Å². The number of pyridine rings is 1. The van der Waals surface area contributed by atoms with Crippen molar-refractivity contribution in [1.82, 2.24) is 10.3 Å². The van der Waals surface area contributed by atoms with Crippen molar-refractivity contribution in [3.05, 3.63) is 28.9 Å². The van der Waals surface area contributed by atoms with Gasteiger partial charge < -0.3 is 16.4 Å². The maximum Gasteiger partial charge on any atom is 0.242 e. The highest BCUT2D eigenvalue weighted by molar-refractivity contribution is 9.10. The van der Waals surface area contributed by atoms with Gasteiger partial charge in [0.05, 0.1) is 23.1 Å². The number of nitrogens with two attached hydrogens (primary N) is 1. The third kappa shape index (κ3) is 3.64. The zero-order chi connectivity index (χ0) is 15.6. The molecule has 0 aliphatic rings. The molecule has 1 unspecified atom stereocenters. The number of amides is 1. The number of fused-ring (bicyclic) bond motifs is 1. The zero-order valence-electron chi connectivity index (χ0n) is 12.3. The Morgan fingerprint density at radius 3 is 2.71 bits per heavy atom. The van der Waals surface area contributed by atoms with Crippen molar-refractivity contribution in [1.29, 1.82) is 0 Å². The third-order valence-electron chi connectivity index (χ3n) is 3.04. The molecular weight excluding hydrogens is 332 g/mol. The first-order chi connectivity index (χ1) is 9.88. The molecule has 0 spiro atoms. The number of carbonyl (C=O) groups excluding carboxylic acids is 1.